The van der Waals surface area contributed by atoms with Crippen LogP contribution >= 0.6 is 0 Å². The van der Waals surface area contributed by atoms with Crippen LogP contribution in [0.5, 0.6) is 5.75 Å². The molecule has 0 aliphatic heterocycles. The summed E-state index contributed by atoms with van der Waals surface area (Å²) < 4.78 is 5.56. The van der Waals surface area contributed by atoms with Gasteiger partial charge in [-0.25, -0.2) is 0 Å². The molecule has 0 aromatic heterocycles. The molecule has 2 aromatic carbocycles. The van der Waals surface area contributed by atoms with Crippen molar-refractivity contribution in [1.29, 1.82) is 0 Å². The number of nitrogens with two attached hydrogens (primary N) is 2. The first-order valence-electron chi connectivity index (χ1n) is 7.01. The average molecular weight is 284 g/mol. The van der Waals surface area contributed by atoms with Gasteiger partial charge in [-0.1, -0.05) is 31.2 Å². The van der Waals surface area contributed by atoms with Gasteiger partial charge in [0.2, 0.25) is 0 Å². The summed E-state index contributed by atoms with van der Waals surface area (Å²) in [6, 6.07) is 13.4. The van der Waals surface area contributed by atoms with Crippen molar-refractivity contribution in [2.75, 3.05) is 6.61 Å². The molecule has 0 radical (unpaired) electrons. The first kappa shape index (κ1) is 15.1. The third kappa shape index (κ3) is 3.61. The predicted molar refractivity (Wildman–Crippen MR) is 84.1 cm³/mol. The fourth-order valence-corrected chi connectivity index (χ4v) is 2.12. The van der Waals surface area contributed by atoms with Crippen molar-refractivity contribution in [1.82, 2.24) is 0 Å². The standard InChI is InChI=1S/C17H20N2O2/c1-2-8-21-16-7-6-14(10-15(16)17(19)20)13-5-3-4-12(9-13)11-18/h3-7,9-10H,2,8,11,18H2,1H3,(H2,19,20). The molecule has 110 valence electrons. The third-order valence-corrected chi connectivity index (χ3v) is 3.20. The number of benzene rings is 2. The molecule has 0 spiro atoms. The molecule has 0 unspecified atom stereocenters. The lowest BCUT2D eigenvalue weighted by atomic mass is 10.0. The molecule has 4 N–H and O–H groups in total. The van der Waals surface area contributed by atoms with Crippen LogP contribution in [-0.4, -0.2) is 12.5 Å². The van der Waals surface area contributed by atoms with E-state index in [1.165, 1.54) is 0 Å². The van der Waals surface area contributed by atoms with E-state index >= 15 is 0 Å². The van der Waals surface area contributed by atoms with E-state index in [1.54, 1.807) is 12.1 Å². The molecule has 0 aliphatic rings. The monoisotopic (exact) mass is 284 g/mol. The maximum atomic E-state index is 11.6. The van der Waals surface area contributed by atoms with Crippen molar-refractivity contribution in [3.05, 3.63) is 53.6 Å². The number of carbonyl (C=O) groups excluding carboxylic acids is 1. The SMILES string of the molecule is CCCOc1ccc(-c2cccc(CN)c2)cc1C(N)=O. The summed E-state index contributed by atoms with van der Waals surface area (Å²) in [5.41, 5.74) is 14.5. The minimum Gasteiger partial charge on any atom is -0.493 e. The van der Waals surface area contributed by atoms with Gasteiger partial charge in [-0.05, 0) is 41.3 Å². The van der Waals surface area contributed by atoms with Crippen LogP contribution in [0.2, 0.25) is 0 Å². The van der Waals surface area contributed by atoms with Gasteiger partial charge < -0.3 is 16.2 Å². The van der Waals surface area contributed by atoms with Crippen LogP contribution in [0, 0.1) is 0 Å². The lowest BCUT2D eigenvalue weighted by Gasteiger charge is -2.11. The first-order valence-corrected chi connectivity index (χ1v) is 7.01. The molecule has 2 rings (SSSR count). The second-order valence-corrected chi connectivity index (χ2v) is 4.83. The van der Waals surface area contributed by atoms with E-state index in [9.17, 15) is 4.79 Å². The molecule has 0 heterocycles. The molecule has 4 nitrogen and oxygen atoms in total. The Bertz CT molecular complexity index is 638. The summed E-state index contributed by atoms with van der Waals surface area (Å²) in [6.45, 7) is 3.05. The van der Waals surface area contributed by atoms with Crippen molar-refractivity contribution in [2.24, 2.45) is 11.5 Å². The van der Waals surface area contributed by atoms with Crippen LogP contribution in [-0.2, 0) is 6.54 Å². The Morgan fingerprint density at radius 3 is 2.57 bits per heavy atom. The van der Waals surface area contributed by atoms with Gasteiger partial charge in [0.05, 0.1) is 12.2 Å². The fraction of sp³-hybridized carbons (Fsp3) is 0.235. The summed E-state index contributed by atoms with van der Waals surface area (Å²) in [6.07, 6.45) is 0.874. The van der Waals surface area contributed by atoms with Gasteiger partial charge in [0, 0.05) is 6.54 Å². The minimum atomic E-state index is -0.488. The predicted octanol–water partition coefficient (Wildman–Crippen LogP) is 2.70. The van der Waals surface area contributed by atoms with Gasteiger partial charge in [0.25, 0.3) is 5.91 Å². The zero-order valence-corrected chi connectivity index (χ0v) is 12.1. The van der Waals surface area contributed by atoms with Crippen LogP contribution in [0.4, 0.5) is 0 Å². The lowest BCUT2D eigenvalue weighted by Crippen LogP contribution is -2.13. The highest BCUT2D eigenvalue weighted by Crippen LogP contribution is 2.27. The van der Waals surface area contributed by atoms with E-state index in [0.29, 0.717) is 24.5 Å². The summed E-state index contributed by atoms with van der Waals surface area (Å²) in [5.74, 6) is 0.0426. The van der Waals surface area contributed by atoms with Gasteiger partial charge in [-0.3, -0.25) is 4.79 Å². The largest absolute Gasteiger partial charge is 0.493 e. The van der Waals surface area contributed by atoms with Crippen LogP contribution in [0.3, 0.4) is 0 Å². The van der Waals surface area contributed by atoms with E-state index in [-0.39, 0.29) is 0 Å². The number of amides is 1. The Hall–Kier alpha value is -2.33. The van der Waals surface area contributed by atoms with Crippen LogP contribution < -0.4 is 16.2 Å². The highest BCUT2D eigenvalue weighted by Gasteiger charge is 2.11. The summed E-state index contributed by atoms with van der Waals surface area (Å²) in [4.78, 5) is 11.6. The van der Waals surface area contributed by atoms with Gasteiger partial charge in [-0.15, -0.1) is 0 Å². The Balaban J connectivity index is 2.41. The number of rotatable bonds is 6. The van der Waals surface area contributed by atoms with E-state index in [2.05, 4.69) is 0 Å². The average Bonchev–Trinajstić information content (AvgIpc) is 2.52. The third-order valence-electron chi connectivity index (χ3n) is 3.20. The molecule has 1 amide bonds. The van der Waals surface area contributed by atoms with E-state index in [0.717, 1.165) is 23.1 Å². The van der Waals surface area contributed by atoms with Gasteiger partial charge in [-0.2, -0.15) is 0 Å². The molecule has 0 saturated heterocycles. The van der Waals surface area contributed by atoms with E-state index in [1.807, 2.05) is 37.3 Å². The Kier molecular flexibility index (Phi) is 4.95. The first-order chi connectivity index (χ1) is 10.2. The number of carbonyl (C=O) groups is 1. The normalized spacial score (nSPS) is 10.4. The molecule has 0 atom stereocenters. The summed E-state index contributed by atoms with van der Waals surface area (Å²) in [7, 11) is 0. The van der Waals surface area contributed by atoms with Crippen molar-refractivity contribution in [3.63, 3.8) is 0 Å². The summed E-state index contributed by atoms with van der Waals surface area (Å²) in [5, 5.41) is 0. The molecule has 0 saturated carbocycles. The van der Waals surface area contributed by atoms with Gasteiger partial charge in [0.1, 0.15) is 5.75 Å². The molecule has 0 fully saturated rings. The zero-order valence-electron chi connectivity index (χ0n) is 12.1. The number of ether oxygens (including phenoxy) is 1. The smallest absolute Gasteiger partial charge is 0.252 e. The number of hydrogen-bond acceptors (Lipinski definition) is 3. The highest BCUT2D eigenvalue weighted by atomic mass is 16.5. The lowest BCUT2D eigenvalue weighted by molar-refractivity contribution is 0.0996. The van der Waals surface area contributed by atoms with Crippen LogP contribution in [0.15, 0.2) is 42.5 Å². The molecule has 0 bridgehead atoms. The molecular formula is C17H20N2O2. The highest BCUT2D eigenvalue weighted by molar-refractivity contribution is 5.97. The Morgan fingerprint density at radius 1 is 1.14 bits per heavy atom. The second kappa shape index (κ2) is 6.90. The quantitative estimate of drug-likeness (QED) is 0.856. The summed E-state index contributed by atoms with van der Waals surface area (Å²) >= 11 is 0. The van der Waals surface area contributed by atoms with E-state index < -0.39 is 5.91 Å². The molecular weight excluding hydrogens is 264 g/mol. The van der Waals surface area contributed by atoms with Crippen LogP contribution in [0.1, 0.15) is 29.3 Å². The second-order valence-electron chi connectivity index (χ2n) is 4.83. The van der Waals surface area contributed by atoms with Crippen molar-refractivity contribution >= 4 is 5.91 Å². The zero-order chi connectivity index (χ0) is 15.2. The van der Waals surface area contributed by atoms with Gasteiger partial charge >= 0.3 is 0 Å². The minimum absolute atomic E-state index is 0.402. The van der Waals surface area contributed by atoms with Crippen molar-refractivity contribution in [3.8, 4) is 16.9 Å². The van der Waals surface area contributed by atoms with Gasteiger partial charge in [0.15, 0.2) is 0 Å². The molecule has 4 heteroatoms. The fourth-order valence-electron chi connectivity index (χ4n) is 2.12. The Labute approximate surface area is 124 Å². The maximum Gasteiger partial charge on any atom is 0.252 e. The topological polar surface area (TPSA) is 78.3 Å². The van der Waals surface area contributed by atoms with Crippen molar-refractivity contribution < 1.29 is 9.53 Å². The van der Waals surface area contributed by atoms with E-state index in [4.69, 9.17) is 16.2 Å². The van der Waals surface area contributed by atoms with Crippen molar-refractivity contribution in [2.45, 2.75) is 19.9 Å². The Morgan fingerprint density at radius 2 is 1.90 bits per heavy atom. The number of hydrogen-bond donors (Lipinski definition) is 2. The molecule has 2 aromatic rings. The maximum absolute atomic E-state index is 11.6. The number of primary amides is 1. The molecule has 0 aliphatic carbocycles. The molecule has 21 heavy (non-hydrogen) atoms. The van der Waals surface area contributed by atoms with Crippen LogP contribution in [0.25, 0.3) is 11.1 Å².